The second-order valence-corrected chi connectivity index (χ2v) is 8.95. The SMILES string of the molecule is COC(=O)c1c(CC(=O)NC23CC4CC(CC(C4)C2)C3)[nH]c(C(C)=O)c1C. The van der Waals surface area contributed by atoms with Crippen LogP contribution in [0, 0.1) is 24.7 Å². The molecule has 1 heterocycles. The first kappa shape index (κ1) is 18.3. The van der Waals surface area contributed by atoms with Gasteiger partial charge in [-0.1, -0.05) is 0 Å². The first-order chi connectivity index (χ1) is 12.8. The van der Waals surface area contributed by atoms with E-state index < -0.39 is 5.97 Å². The normalized spacial score (nSPS) is 31.0. The summed E-state index contributed by atoms with van der Waals surface area (Å²) in [5.74, 6) is 1.48. The lowest BCUT2D eigenvalue weighted by atomic mass is 9.53. The topological polar surface area (TPSA) is 88.3 Å². The lowest BCUT2D eigenvalue weighted by Crippen LogP contribution is -2.60. The molecule has 0 atom stereocenters. The molecule has 0 aromatic carbocycles. The number of rotatable bonds is 5. The molecule has 4 aliphatic rings. The standard InChI is InChI=1S/C21H28N2O4/c1-11-18(20(26)27-3)16(22-19(11)12(2)24)7-17(25)23-21-8-13-4-14(9-21)6-15(5-13)10-21/h13-15,22H,4-10H2,1-3H3,(H,23,25). The Morgan fingerprint density at radius 1 is 1.11 bits per heavy atom. The quantitative estimate of drug-likeness (QED) is 0.614. The molecule has 6 nitrogen and oxygen atoms in total. The molecule has 1 aromatic rings. The average Bonchev–Trinajstić information content (AvgIpc) is 2.88. The summed E-state index contributed by atoms with van der Waals surface area (Å²) in [7, 11) is 1.31. The molecule has 4 aliphatic carbocycles. The van der Waals surface area contributed by atoms with Gasteiger partial charge in [-0.2, -0.15) is 0 Å². The predicted octanol–water partition coefficient (Wildman–Crippen LogP) is 2.94. The summed E-state index contributed by atoms with van der Waals surface area (Å²) in [4.78, 5) is 39.9. The van der Waals surface area contributed by atoms with Gasteiger partial charge in [-0.3, -0.25) is 9.59 Å². The number of hydrogen-bond donors (Lipinski definition) is 2. The largest absolute Gasteiger partial charge is 0.465 e. The van der Waals surface area contributed by atoms with Crippen LogP contribution in [0.1, 0.15) is 77.6 Å². The van der Waals surface area contributed by atoms with Crippen LogP contribution in [0.5, 0.6) is 0 Å². The Balaban J connectivity index is 1.54. The second kappa shape index (κ2) is 6.50. The second-order valence-electron chi connectivity index (χ2n) is 8.95. The van der Waals surface area contributed by atoms with Crippen LogP contribution < -0.4 is 5.32 Å². The minimum atomic E-state index is -0.520. The molecule has 1 amide bonds. The zero-order chi connectivity index (χ0) is 19.3. The molecule has 4 saturated carbocycles. The van der Waals surface area contributed by atoms with Crippen LogP contribution in [0.4, 0.5) is 0 Å². The zero-order valence-electron chi connectivity index (χ0n) is 16.3. The van der Waals surface area contributed by atoms with Gasteiger partial charge in [-0.15, -0.1) is 0 Å². The number of nitrogens with one attached hydrogen (secondary N) is 2. The van der Waals surface area contributed by atoms with E-state index in [2.05, 4.69) is 10.3 Å². The molecule has 6 heteroatoms. The van der Waals surface area contributed by atoms with Gasteiger partial charge < -0.3 is 15.0 Å². The van der Waals surface area contributed by atoms with Gasteiger partial charge in [0.1, 0.15) is 0 Å². The van der Waals surface area contributed by atoms with Crippen LogP contribution in [0.25, 0.3) is 0 Å². The van der Waals surface area contributed by atoms with Crippen LogP contribution in [0.3, 0.4) is 0 Å². The molecule has 5 rings (SSSR count). The Bertz CT molecular complexity index is 772. The van der Waals surface area contributed by atoms with E-state index in [4.69, 9.17) is 4.74 Å². The number of methoxy groups -OCH3 is 1. The third kappa shape index (κ3) is 3.19. The van der Waals surface area contributed by atoms with E-state index >= 15 is 0 Å². The van der Waals surface area contributed by atoms with E-state index in [-0.39, 0.29) is 23.7 Å². The molecule has 0 aliphatic heterocycles. The van der Waals surface area contributed by atoms with Crippen LogP contribution >= 0.6 is 0 Å². The van der Waals surface area contributed by atoms with E-state index in [0.29, 0.717) is 22.5 Å². The summed E-state index contributed by atoms with van der Waals surface area (Å²) in [6, 6.07) is 0. The Kier molecular flexibility index (Phi) is 4.40. The number of carbonyl (C=O) groups is 3. The first-order valence-electron chi connectivity index (χ1n) is 9.92. The summed E-state index contributed by atoms with van der Waals surface area (Å²) in [5.41, 5.74) is 1.62. The van der Waals surface area contributed by atoms with Gasteiger partial charge in [-0.05, 0) is 68.8 Å². The van der Waals surface area contributed by atoms with Crippen molar-refractivity contribution in [2.24, 2.45) is 17.8 Å². The number of H-pyrrole nitrogens is 1. The maximum Gasteiger partial charge on any atom is 0.339 e. The third-order valence-corrected chi connectivity index (χ3v) is 6.85. The van der Waals surface area contributed by atoms with Crippen molar-refractivity contribution in [2.75, 3.05) is 7.11 Å². The van der Waals surface area contributed by atoms with Crippen LogP contribution in [0.15, 0.2) is 0 Å². The number of Topliss-reactive ketones (excluding diaryl/α,β-unsaturated/α-hetero) is 1. The molecule has 0 spiro atoms. The lowest BCUT2D eigenvalue weighted by molar-refractivity contribution is -0.126. The van der Waals surface area contributed by atoms with Gasteiger partial charge in [0.15, 0.2) is 5.78 Å². The fraction of sp³-hybridized carbons (Fsp3) is 0.667. The molecule has 1 aromatic heterocycles. The van der Waals surface area contributed by atoms with Gasteiger partial charge in [-0.25, -0.2) is 4.79 Å². The lowest BCUT2D eigenvalue weighted by Gasteiger charge is -2.56. The average molecular weight is 372 g/mol. The van der Waals surface area contributed by atoms with Gasteiger partial charge in [0.05, 0.1) is 24.8 Å². The maximum absolute atomic E-state index is 12.9. The third-order valence-electron chi connectivity index (χ3n) is 6.85. The van der Waals surface area contributed by atoms with Crippen LogP contribution in [-0.4, -0.2) is 35.3 Å². The molecule has 0 radical (unpaired) electrons. The molecule has 0 unspecified atom stereocenters. The van der Waals surface area contributed by atoms with E-state index in [9.17, 15) is 14.4 Å². The molecule has 4 fully saturated rings. The Hall–Kier alpha value is -2.11. The highest BCUT2D eigenvalue weighted by atomic mass is 16.5. The number of esters is 1. The monoisotopic (exact) mass is 372 g/mol. The fourth-order valence-electron chi connectivity index (χ4n) is 6.29. The summed E-state index contributed by atoms with van der Waals surface area (Å²) >= 11 is 0. The first-order valence-corrected chi connectivity index (χ1v) is 9.92. The predicted molar refractivity (Wildman–Crippen MR) is 99.6 cm³/mol. The Morgan fingerprint density at radius 2 is 1.67 bits per heavy atom. The fourth-order valence-corrected chi connectivity index (χ4v) is 6.29. The Labute approximate surface area is 159 Å². The van der Waals surface area contributed by atoms with Crippen molar-refractivity contribution in [1.29, 1.82) is 0 Å². The van der Waals surface area contributed by atoms with Crippen molar-refractivity contribution in [3.8, 4) is 0 Å². The number of hydrogen-bond acceptors (Lipinski definition) is 4. The van der Waals surface area contributed by atoms with E-state index in [0.717, 1.165) is 37.0 Å². The molecule has 146 valence electrons. The summed E-state index contributed by atoms with van der Waals surface area (Å²) in [5, 5.41) is 3.32. The van der Waals surface area contributed by atoms with Crippen LogP contribution in [0.2, 0.25) is 0 Å². The van der Waals surface area contributed by atoms with Crippen LogP contribution in [-0.2, 0) is 16.0 Å². The molecular formula is C21H28N2O4. The van der Waals surface area contributed by atoms with E-state index in [1.165, 1.54) is 33.3 Å². The molecule has 0 saturated heterocycles. The van der Waals surface area contributed by atoms with Crippen molar-refractivity contribution < 1.29 is 19.1 Å². The van der Waals surface area contributed by atoms with Crippen molar-refractivity contribution >= 4 is 17.7 Å². The van der Waals surface area contributed by atoms with Crippen molar-refractivity contribution in [2.45, 2.75) is 64.3 Å². The minimum absolute atomic E-state index is 0.0559. The van der Waals surface area contributed by atoms with Crippen molar-refractivity contribution in [1.82, 2.24) is 10.3 Å². The highest BCUT2D eigenvalue weighted by Crippen LogP contribution is 2.55. The molecular weight excluding hydrogens is 344 g/mol. The number of aromatic nitrogens is 1. The molecule has 4 bridgehead atoms. The van der Waals surface area contributed by atoms with E-state index in [1.54, 1.807) is 6.92 Å². The highest BCUT2D eigenvalue weighted by Gasteiger charge is 2.51. The number of ether oxygens (including phenoxy) is 1. The molecule has 27 heavy (non-hydrogen) atoms. The van der Waals surface area contributed by atoms with Gasteiger partial charge >= 0.3 is 5.97 Å². The smallest absolute Gasteiger partial charge is 0.339 e. The Morgan fingerprint density at radius 3 is 2.15 bits per heavy atom. The summed E-state index contributed by atoms with van der Waals surface area (Å²) in [6.45, 7) is 3.15. The number of aromatic amines is 1. The van der Waals surface area contributed by atoms with Crippen molar-refractivity contribution in [3.05, 3.63) is 22.5 Å². The highest BCUT2D eigenvalue weighted by molar-refractivity contribution is 6.01. The number of ketones is 1. The van der Waals surface area contributed by atoms with Gasteiger partial charge in [0.2, 0.25) is 5.91 Å². The number of amides is 1. The zero-order valence-corrected chi connectivity index (χ0v) is 16.3. The van der Waals surface area contributed by atoms with E-state index in [1.807, 2.05) is 0 Å². The summed E-state index contributed by atoms with van der Waals surface area (Å²) in [6.07, 6.45) is 7.25. The van der Waals surface area contributed by atoms with Gasteiger partial charge in [0, 0.05) is 18.2 Å². The summed E-state index contributed by atoms with van der Waals surface area (Å²) < 4.78 is 4.86. The van der Waals surface area contributed by atoms with Crippen molar-refractivity contribution in [3.63, 3.8) is 0 Å². The number of carbonyl (C=O) groups excluding carboxylic acids is 3. The molecule has 2 N–H and O–H groups in total. The minimum Gasteiger partial charge on any atom is -0.465 e. The van der Waals surface area contributed by atoms with Gasteiger partial charge in [0.25, 0.3) is 0 Å². The maximum atomic E-state index is 12.9.